The van der Waals surface area contributed by atoms with Crippen LogP contribution in [0.1, 0.15) is 34.1 Å². The lowest BCUT2D eigenvalue weighted by molar-refractivity contribution is 0.151. The molecule has 1 N–H and O–H groups in total. The average Bonchev–Trinajstić information content (AvgIpc) is 2.28. The summed E-state index contributed by atoms with van der Waals surface area (Å²) in [5.74, 6) is 1.71. The molecule has 1 heterocycles. The molecule has 1 fully saturated rings. The Bertz CT molecular complexity index is 246. The first-order chi connectivity index (χ1) is 7.95. The van der Waals surface area contributed by atoms with Gasteiger partial charge in [-0.1, -0.05) is 20.8 Å². The summed E-state index contributed by atoms with van der Waals surface area (Å²) in [4.78, 5) is 2.46. The highest BCUT2D eigenvalue weighted by Crippen LogP contribution is 2.22. The van der Waals surface area contributed by atoms with Crippen molar-refractivity contribution in [3.05, 3.63) is 0 Å². The summed E-state index contributed by atoms with van der Waals surface area (Å²) in [5.41, 5.74) is 0.272. The highest BCUT2D eigenvalue weighted by molar-refractivity contribution is 7.85. The first-order valence-corrected chi connectivity index (χ1v) is 8.25. The molecule has 1 aliphatic rings. The fourth-order valence-electron chi connectivity index (χ4n) is 2.18. The van der Waals surface area contributed by atoms with Crippen molar-refractivity contribution in [2.24, 2.45) is 5.41 Å². The van der Waals surface area contributed by atoms with E-state index in [0.717, 1.165) is 37.7 Å². The van der Waals surface area contributed by atoms with Crippen LogP contribution in [-0.2, 0) is 10.8 Å². The van der Waals surface area contributed by atoms with E-state index < -0.39 is 10.8 Å². The summed E-state index contributed by atoms with van der Waals surface area (Å²) in [6.45, 7) is 13.3. The van der Waals surface area contributed by atoms with Crippen LogP contribution in [0.5, 0.6) is 0 Å². The monoisotopic (exact) mass is 260 g/mol. The van der Waals surface area contributed by atoms with E-state index in [-0.39, 0.29) is 5.41 Å². The predicted molar refractivity (Wildman–Crippen MR) is 75.9 cm³/mol. The first-order valence-electron chi connectivity index (χ1n) is 6.76. The van der Waals surface area contributed by atoms with Crippen molar-refractivity contribution in [3.8, 4) is 0 Å². The van der Waals surface area contributed by atoms with Crippen LogP contribution in [0.15, 0.2) is 0 Å². The number of hydrogen-bond acceptors (Lipinski definition) is 3. The van der Waals surface area contributed by atoms with Crippen molar-refractivity contribution < 1.29 is 4.21 Å². The Morgan fingerprint density at radius 2 is 1.94 bits per heavy atom. The zero-order valence-electron chi connectivity index (χ0n) is 11.8. The number of hydrogen-bond donors (Lipinski definition) is 1. The average molecular weight is 260 g/mol. The van der Waals surface area contributed by atoms with Crippen LogP contribution >= 0.6 is 0 Å². The molecule has 1 unspecified atom stereocenters. The van der Waals surface area contributed by atoms with E-state index in [9.17, 15) is 4.21 Å². The lowest BCUT2D eigenvalue weighted by Crippen LogP contribution is -2.49. The minimum absolute atomic E-state index is 0.272. The van der Waals surface area contributed by atoms with E-state index in [1.807, 2.05) is 0 Å². The zero-order valence-corrected chi connectivity index (χ0v) is 12.6. The first kappa shape index (κ1) is 15.1. The van der Waals surface area contributed by atoms with E-state index in [1.165, 1.54) is 6.42 Å². The van der Waals surface area contributed by atoms with E-state index in [2.05, 4.69) is 37.9 Å². The molecule has 0 aromatic heterocycles. The van der Waals surface area contributed by atoms with Gasteiger partial charge < -0.3 is 10.2 Å². The van der Waals surface area contributed by atoms with Crippen molar-refractivity contribution in [1.29, 1.82) is 0 Å². The quantitative estimate of drug-likeness (QED) is 0.785. The molecule has 0 spiro atoms. The van der Waals surface area contributed by atoms with Crippen LogP contribution < -0.4 is 5.32 Å². The Kier molecular flexibility index (Phi) is 6.10. The Morgan fingerprint density at radius 1 is 1.35 bits per heavy atom. The van der Waals surface area contributed by atoms with Crippen LogP contribution in [0.2, 0.25) is 0 Å². The molecule has 4 heteroatoms. The minimum atomic E-state index is -0.562. The van der Waals surface area contributed by atoms with Gasteiger partial charge in [0, 0.05) is 48.0 Å². The Balaban J connectivity index is 2.39. The number of nitrogens with zero attached hydrogens (tertiary/aromatic N) is 1. The molecule has 1 rings (SSSR count). The summed E-state index contributed by atoms with van der Waals surface area (Å²) >= 11 is 0. The predicted octanol–water partition coefficient (Wildman–Crippen LogP) is 1.47. The van der Waals surface area contributed by atoms with E-state index >= 15 is 0 Å². The Labute approximate surface area is 109 Å². The van der Waals surface area contributed by atoms with Crippen molar-refractivity contribution in [3.63, 3.8) is 0 Å². The van der Waals surface area contributed by atoms with E-state index in [4.69, 9.17) is 0 Å². The summed E-state index contributed by atoms with van der Waals surface area (Å²) in [7, 11) is -0.562. The fourth-order valence-corrected chi connectivity index (χ4v) is 3.31. The van der Waals surface area contributed by atoms with Gasteiger partial charge in [0.2, 0.25) is 0 Å². The van der Waals surface area contributed by atoms with Gasteiger partial charge >= 0.3 is 0 Å². The summed E-state index contributed by atoms with van der Waals surface area (Å²) in [6.07, 6.45) is 1.18. The molecule has 0 saturated carbocycles. The SMILES string of the molecule is CCCNC(C)C(C)(C)CN1CCS(=O)CC1. The summed E-state index contributed by atoms with van der Waals surface area (Å²) in [6, 6.07) is 0.523. The molecule has 0 bridgehead atoms. The minimum Gasteiger partial charge on any atom is -0.314 e. The topological polar surface area (TPSA) is 32.3 Å². The maximum absolute atomic E-state index is 11.3. The van der Waals surface area contributed by atoms with Crippen LogP contribution in [0, 0.1) is 5.41 Å². The molecule has 1 aliphatic heterocycles. The van der Waals surface area contributed by atoms with Crippen LogP contribution in [-0.4, -0.2) is 52.8 Å². The number of rotatable bonds is 6. The van der Waals surface area contributed by atoms with Gasteiger partial charge in [-0.05, 0) is 25.3 Å². The molecule has 0 aromatic carbocycles. The third-order valence-corrected chi connectivity index (χ3v) is 5.05. The Hall–Kier alpha value is 0.0700. The van der Waals surface area contributed by atoms with Crippen LogP contribution in [0.3, 0.4) is 0 Å². The second-order valence-corrected chi connectivity index (χ2v) is 7.48. The fraction of sp³-hybridized carbons (Fsp3) is 1.00. The maximum Gasteiger partial charge on any atom is 0.0363 e. The second-order valence-electron chi connectivity index (χ2n) is 5.79. The molecular formula is C13H28N2OS. The molecule has 102 valence electrons. The molecule has 0 radical (unpaired) electrons. The molecule has 0 aliphatic carbocycles. The molecule has 3 nitrogen and oxygen atoms in total. The summed E-state index contributed by atoms with van der Waals surface area (Å²) < 4.78 is 11.3. The van der Waals surface area contributed by atoms with Gasteiger partial charge in [0.15, 0.2) is 0 Å². The molecular weight excluding hydrogens is 232 g/mol. The molecule has 17 heavy (non-hydrogen) atoms. The maximum atomic E-state index is 11.3. The van der Waals surface area contributed by atoms with E-state index in [0.29, 0.717) is 6.04 Å². The van der Waals surface area contributed by atoms with Gasteiger partial charge in [-0.15, -0.1) is 0 Å². The standard InChI is InChI=1S/C13H28N2OS/c1-5-6-14-12(2)13(3,4)11-15-7-9-17(16)10-8-15/h12,14H,5-11H2,1-4H3. The van der Waals surface area contributed by atoms with Crippen LogP contribution in [0.4, 0.5) is 0 Å². The normalized spacial score (nSPS) is 21.6. The lowest BCUT2D eigenvalue weighted by Gasteiger charge is -2.38. The molecule has 0 amide bonds. The smallest absolute Gasteiger partial charge is 0.0363 e. The summed E-state index contributed by atoms with van der Waals surface area (Å²) in [5, 5.41) is 3.58. The van der Waals surface area contributed by atoms with Gasteiger partial charge in [-0.25, -0.2) is 0 Å². The van der Waals surface area contributed by atoms with Gasteiger partial charge in [0.05, 0.1) is 0 Å². The highest BCUT2D eigenvalue weighted by Gasteiger charge is 2.29. The lowest BCUT2D eigenvalue weighted by atomic mass is 9.84. The van der Waals surface area contributed by atoms with Gasteiger partial charge in [0.1, 0.15) is 0 Å². The van der Waals surface area contributed by atoms with Gasteiger partial charge in [0.25, 0.3) is 0 Å². The molecule has 0 aromatic rings. The zero-order chi connectivity index (χ0) is 12.9. The van der Waals surface area contributed by atoms with Crippen LogP contribution in [0.25, 0.3) is 0 Å². The largest absolute Gasteiger partial charge is 0.314 e. The third kappa shape index (κ3) is 5.06. The second kappa shape index (κ2) is 6.86. The number of nitrogens with one attached hydrogen (secondary N) is 1. The highest BCUT2D eigenvalue weighted by atomic mass is 32.2. The van der Waals surface area contributed by atoms with Gasteiger partial charge in [-0.3, -0.25) is 4.21 Å². The van der Waals surface area contributed by atoms with E-state index in [1.54, 1.807) is 0 Å². The van der Waals surface area contributed by atoms with Crippen molar-refractivity contribution in [1.82, 2.24) is 10.2 Å². The Morgan fingerprint density at radius 3 is 2.47 bits per heavy atom. The van der Waals surface area contributed by atoms with Crippen molar-refractivity contribution >= 4 is 10.8 Å². The van der Waals surface area contributed by atoms with Crippen molar-refractivity contribution in [2.45, 2.75) is 40.2 Å². The molecule has 1 atom stereocenters. The molecule has 1 saturated heterocycles. The van der Waals surface area contributed by atoms with Crippen molar-refractivity contribution in [2.75, 3.05) is 37.7 Å². The van der Waals surface area contributed by atoms with Gasteiger partial charge in [-0.2, -0.15) is 0 Å². The third-order valence-electron chi connectivity index (χ3n) is 3.77.